The fourth-order valence-corrected chi connectivity index (χ4v) is 3.50. The van der Waals surface area contributed by atoms with Crippen LogP contribution in [0.2, 0.25) is 5.02 Å². The van der Waals surface area contributed by atoms with Crippen molar-refractivity contribution < 1.29 is 4.39 Å². The zero-order valence-corrected chi connectivity index (χ0v) is 13.4. The molecule has 0 fully saturated rings. The number of nitrogens with one attached hydrogen (secondary N) is 1. The van der Waals surface area contributed by atoms with Gasteiger partial charge in [0.05, 0.1) is 10.7 Å². The molecule has 0 radical (unpaired) electrons. The quantitative estimate of drug-likeness (QED) is 0.855. The highest BCUT2D eigenvalue weighted by Gasteiger charge is 2.16. The molecule has 0 aliphatic carbocycles. The van der Waals surface area contributed by atoms with Crippen molar-refractivity contribution in [1.29, 1.82) is 0 Å². The third kappa shape index (κ3) is 3.37. The van der Waals surface area contributed by atoms with Crippen LogP contribution in [0.4, 0.5) is 4.39 Å². The highest BCUT2D eigenvalue weighted by molar-refractivity contribution is 7.15. The molecule has 108 valence electrons. The van der Waals surface area contributed by atoms with Gasteiger partial charge in [0, 0.05) is 17.0 Å². The minimum atomic E-state index is -0.327. The first kappa shape index (κ1) is 15.4. The molecule has 0 spiro atoms. The molecule has 0 bridgehead atoms. The standard InChI is InChI=1S/C15H18ClFN2S/c1-4-18-8-13-14(9(2)3)19-15(20-13)11-6-5-10(17)7-12(11)16/h5-7,9,18H,4,8H2,1-3H3. The number of benzene rings is 1. The van der Waals surface area contributed by atoms with E-state index >= 15 is 0 Å². The lowest BCUT2D eigenvalue weighted by Crippen LogP contribution is -2.12. The fourth-order valence-electron chi connectivity index (χ4n) is 1.96. The fraction of sp³-hybridized carbons (Fsp3) is 0.400. The predicted molar refractivity (Wildman–Crippen MR) is 84.0 cm³/mol. The molecular weight excluding hydrogens is 295 g/mol. The number of thiazole rings is 1. The highest BCUT2D eigenvalue weighted by atomic mass is 35.5. The van der Waals surface area contributed by atoms with Gasteiger partial charge < -0.3 is 5.32 Å². The van der Waals surface area contributed by atoms with E-state index in [-0.39, 0.29) is 5.82 Å². The molecule has 0 saturated heterocycles. The predicted octanol–water partition coefficient (Wildman–Crippen LogP) is 4.84. The molecule has 1 N–H and O–H groups in total. The topological polar surface area (TPSA) is 24.9 Å². The van der Waals surface area contributed by atoms with E-state index in [1.807, 2.05) is 0 Å². The maximum absolute atomic E-state index is 13.1. The van der Waals surface area contributed by atoms with Gasteiger partial charge in [-0.05, 0) is 30.7 Å². The minimum Gasteiger partial charge on any atom is -0.312 e. The van der Waals surface area contributed by atoms with Gasteiger partial charge >= 0.3 is 0 Å². The van der Waals surface area contributed by atoms with E-state index in [0.29, 0.717) is 10.9 Å². The summed E-state index contributed by atoms with van der Waals surface area (Å²) in [6.45, 7) is 8.05. The Balaban J connectivity index is 2.41. The lowest BCUT2D eigenvalue weighted by atomic mass is 10.1. The molecule has 0 amide bonds. The van der Waals surface area contributed by atoms with Crippen molar-refractivity contribution in [2.45, 2.75) is 33.2 Å². The summed E-state index contributed by atoms with van der Waals surface area (Å²) in [6, 6.07) is 4.44. The molecule has 0 aliphatic rings. The third-order valence-electron chi connectivity index (χ3n) is 2.97. The summed E-state index contributed by atoms with van der Waals surface area (Å²) in [7, 11) is 0. The van der Waals surface area contributed by atoms with Crippen molar-refractivity contribution in [3.05, 3.63) is 39.6 Å². The van der Waals surface area contributed by atoms with Gasteiger partial charge in [-0.25, -0.2) is 9.37 Å². The maximum Gasteiger partial charge on any atom is 0.125 e. The van der Waals surface area contributed by atoms with Gasteiger partial charge in [-0.15, -0.1) is 11.3 Å². The van der Waals surface area contributed by atoms with E-state index in [0.717, 1.165) is 29.4 Å². The first-order valence-corrected chi connectivity index (χ1v) is 7.88. The molecule has 1 aromatic heterocycles. The van der Waals surface area contributed by atoms with Crippen LogP contribution in [0.15, 0.2) is 18.2 Å². The van der Waals surface area contributed by atoms with E-state index in [1.165, 1.54) is 17.0 Å². The second kappa shape index (κ2) is 6.66. The molecule has 0 saturated carbocycles. The highest BCUT2D eigenvalue weighted by Crippen LogP contribution is 2.35. The lowest BCUT2D eigenvalue weighted by Gasteiger charge is -2.04. The van der Waals surface area contributed by atoms with Crippen LogP contribution < -0.4 is 5.32 Å². The Morgan fingerprint density at radius 1 is 1.40 bits per heavy atom. The van der Waals surface area contributed by atoms with Gasteiger partial charge in [0.25, 0.3) is 0 Å². The Kier molecular flexibility index (Phi) is 5.13. The van der Waals surface area contributed by atoms with Crippen molar-refractivity contribution >= 4 is 22.9 Å². The Labute approximate surface area is 128 Å². The third-order valence-corrected chi connectivity index (χ3v) is 4.39. The maximum atomic E-state index is 13.1. The van der Waals surface area contributed by atoms with Crippen LogP contribution in [-0.4, -0.2) is 11.5 Å². The molecule has 1 aromatic carbocycles. The number of aromatic nitrogens is 1. The van der Waals surface area contributed by atoms with E-state index in [4.69, 9.17) is 16.6 Å². The van der Waals surface area contributed by atoms with Crippen LogP contribution in [0.3, 0.4) is 0 Å². The lowest BCUT2D eigenvalue weighted by molar-refractivity contribution is 0.628. The van der Waals surface area contributed by atoms with Crippen LogP contribution >= 0.6 is 22.9 Å². The zero-order valence-electron chi connectivity index (χ0n) is 11.8. The summed E-state index contributed by atoms with van der Waals surface area (Å²) in [5.41, 5.74) is 1.88. The van der Waals surface area contributed by atoms with Crippen molar-refractivity contribution in [2.24, 2.45) is 0 Å². The molecular formula is C15H18ClFN2S. The monoisotopic (exact) mass is 312 g/mol. The van der Waals surface area contributed by atoms with Gasteiger partial charge in [-0.1, -0.05) is 32.4 Å². The zero-order chi connectivity index (χ0) is 14.7. The van der Waals surface area contributed by atoms with Crippen LogP contribution in [-0.2, 0) is 6.54 Å². The van der Waals surface area contributed by atoms with Crippen molar-refractivity contribution in [2.75, 3.05) is 6.54 Å². The van der Waals surface area contributed by atoms with Crippen LogP contribution in [0.25, 0.3) is 10.6 Å². The first-order chi connectivity index (χ1) is 9.52. The Hall–Kier alpha value is -0.970. The number of halogens is 2. The van der Waals surface area contributed by atoms with Crippen molar-refractivity contribution in [3.63, 3.8) is 0 Å². The van der Waals surface area contributed by atoms with E-state index in [9.17, 15) is 4.39 Å². The van der Waals surface area contributed by atoms with Crippen LogP contribution in [0, 0.1) is 5.82 Å². The number of hydrogen-bond acceptors (Lipinski definition) is 3. The Morgan fingerprint density at radius 3 is 2.75 bits per heavy atom. The summed E-state index contributed by atoms with van der Waals surface area (Å²) < 4.78 is 13.1. The molecule has 1 heterocycles. The SMILES string of the molecule is CCNCc1sc(-c2ccc(F)cc2Cl)nc1C(C)C. The molecule has 2 rings (SSSR count). The minimum absolute atomic E-state index is 0.327. The molecule has 2 nitrogen and oxygen atoms in total. The van der Waals surface area contributed by atoms with Crippen LogP contribution in [0.5, 0.6) is 0 Å². The number of nitrogens with zero attached hydrogens (tertiary/aromatic N) is 1. The molecule has 5 heteroatoms. The Bertz CT molecular complexity index is 596. The number of hydrogen-bond donors (Lipinski definition) is 1. The second-order valence-electron chi connectivity index (χ2n) is 4.89. The number of rotatable bonds is 5. The summed E-state index contributed by atoms with van der Waals surface area (Å²) in [5.74, 6) is 0.0279. The van der Waals surface area contributed by atoms with Gasteiger partial charge in [0.15, 0.2) is 0 Å². The van der Waals surface area contributed by atoms with Gasteiger partial charge in [0.1, 0.15) is 10.8 Å². The molecule has 0 aliphatic heterocycles. The average molecular weight is 313 g/mol. The summed E-state index contributed by atoms with van der Waals surface area (Å²) >= 11 is 7.74. The molecule has 0 atom stereocenters. The molecule has 0 unspecified atom stereocenters. The van der Waals surface area contributed by atoms with Gasteiger partial charge in [0.2, 0.25) is 0 Å². The largest absolute Gasteiger partial charge is 0.312 e. The summed E-state index contributed by atoms with van der Waals surface area (Å²) in [4.78, 5) is 5.91. The smallest absolute Gasteiger partial charge is 0.125 e. The van der Waals surface area contributed by atoms with E-state index in [2.05, 4.69) is 26.1 Å². The molecule has 2 aromatic rings. The first-order valence-electron chi connectivity index (χ1n) is 6.68. The normalized spacial score (nSPS) is 11.3. The van der Waals surface area contributed by atoms with Gasteiger partial charge in [-0.2, -0.15) is 0 Å². The summed E-state index contributed by atoms with van der Waals surface area (Å²) in [5, 5.41) is 4.59. The van der Waals surface area contributed by atoms with E-state index in [1.54, 1.807) is 17.4 Å². The van der Waals surface area contributed by atoms with Crippen molar-refractivity contribution in [3.8, 4) is 10.6 Å². The molecule has 20 heavy (non-hydrogen) atoms. The average Bonchev–Trinajstić information content (AvgIpc) is 2.80. The van der Waals surface area contributed by atoms with Gasteiger partial charge in [-0.3, -0.25) is 0 Å². The van der Waals surface area contributed by atoms with Crippen LogP contribution in [0.1, 0.15) is 37.3 Å². The summed E-state index contributed by atoms with van der Waals surface area (Å²) in [6.07, 6.45) is 0. The van der Waals surface area contributed by atoms with Crippen molar-refractivity contribution in [1.82, 2.24) is 10.3 Å². The second-order valence-corrected chi connectivity index (χ2v) is 6.38. The Morgan fingerprint density at radius 2 is 2.15 bits per heavy atom. The van der Waals surface area contributed by atoms with E-state index < -0.39 is 0 Å².